The number of hydrogen-bond acceptors (Lipinski definition) is 12. The van der Waals surface area contributed by atoms with Crippen LogP contribution in [0.3, 0.4) is 0 Å². The van der Waals surface area contributed by atoms with Crippen molar-refractivity contribution in [3.05, 3.63) is 109 Å². The molecular formula is C40H44CoN4NaO10S2+. The summed E-state index contributed by atoms with van der Waals surface area (Å²) in [7, 11) is -4.39. The summed E-state index contributed by atoms with van der Waals surface area (Å²) in [4.78, 5) is 0.00915. The van der Waals surface area contributed by atoms with Gasteiger partial charge in [-0.05, 0) is 72.1 Å². The number of hydrogen-bond donors (Lipinski definition) is 8. The Labute approximate surface area is 370 Å². The first kappa shape index (κ1) is 48.3. The molecule has 0 aromatic heterocycles. The molecule has 0 heterocycles. The molecule has 0 amide bonds. The Kier molecular flexibility index (Phi) is 18.6. The third-order valence-electron chi connectivity index (χ3n) is 8.52. The zero-order chi connectivity index (χ0) is 40.3. The smallest absolute Gasteiger partial charge is 0.506 e. The molecule has 305 valence electrons. The second kappa shape index (κ2) is 22.3. The third-order valence-corrected chi connectivity index (χ3v) is 11.4. The van der Waals surface area contributed by atoms with Crippen LogP contribution >= 0.6 is 0 Å². The summed E-state index contributed by atoms with van der Waals surface area (Å²) in [6, 6.07) is 29.4. The molecule has 8 N–H and O–H groups in total. The van der Waals surface area contributed by atoms with Crippen LogP contribution in [-0.2, 0) is 46.3 Å². The topological polar surface area (TPSA) is 216 Å². The van der Waals surface area contributed by atoms with Gasteiger partial charge in [0, 0.05) is 68.1 Å². The standard InChI is InChI=1S/2C20H22N2O5S.Co.Na/c2*1-27-12-4-11-21-28(25,26)15-8-10-18(23)17(13-15)22-20-16-6-3-2-5-14(16)7-9-19(20)24;;/h2*2-3,5-10,13,21-24H,4,11-12H2,1H3;;/q;;;+1. The summed E-state index contributed by atoms with van der Waals surface area (Å²) in [6.07, 6.45) is 1.09. The number of phenols is 4. The molecule has 0 atom stereocenters. The molecule has 0 bridgehead atoms. The Morgan fingerprint density at radius 1 is 0.517 bits per heavy atom. The molecule has 58 heavy (non-hydrogen) atoms. The van der Waals surface area contributed by atoms with Crippen LogP contribution in [0.15, 0.2) is 119 Å². The molecule has 1 radical (unpaired) electrons. The van der Waals surface area contributed by atoms with Crippen LogP contribution in [-0.4, -0.2) is 77.8 Å². The number of methoxy groups -OCH3 is 2. The van der Waals surface area contributed by atoms with Gasteiger partial charge >= 0.3 is 29.6 Å². The van der Waals surface area contributed by atoms with Gasteiger partial charge in [0.15, 0.2) is 0 Å². The molecule has 0 aliphatic heterocycles. The Bertz CT molecular complexity index is 2360. The van der Waals surface area contributed by atoms with Gasteiger partial charge in [-0.2, -0.15) is 0 Å². The maximum atomic E-state index is 12.5. The SMILES string of the molecule is COCCCNS(=O)(=O)c1ccc(O)c(Nc2c(O)ccc3ccccc23)c1.COCCCNS(=O)(=O)c1ccc(O)c(Nc2c(O)ccc3ccccc23)c1.[Co].[Na+]. The van der Waals surface area contributed by atoms with Gasteiger partial charge in [0.25, 0.3) is 0 Å². The van der Waals surface area contributed by atoms with Crippen molar-refractivity contribution in [2.75, 3.05) is 51.2 Å². The summed E-state index contributed by atoms with van der Waals surface area (Å²) in [5, 5.41) is 50.1. The van der Waals surface area contributed by atoms with E-state index in [0.29, 0.717) is 37.4 Å². The molecule has 6 aromatic carbocycles. The van der Waals surface area contributed by atoms with Gasteiger partial charge in [0.05, 0.1) is 32.5 Å². The second-order valence-corrected chi connectivity index (χ2v) is 16.0. The van der Waals surface area contributed by atoms with Crippen LogP contribution in [0.5, 0.6) is 23.0 Å². The molecule has 0 saturated heterocycles. The van der Waals surface area contributed by atoms with E-state index in [4.69, 9.17) is 9.47 Å². The van der Waals surface area contributed by atoms with E-state index in [1.54, 1.807) is 38.5 Å². The van der Waals surface area contributed by atoms with Crippen molar-refractivity contribution < 1.29 is 93.1 Å². The maximum absolute atomic E-state index is 12.5. The van der Waals surface area contributed by atoms with Gasteiger partial charge in [0.1, 0.15) is 23.0 Å². The number of fused-ring (bicyclic) bond motifs is 2. The minimum absolute atomic E-state index is 0. The normalized spacial score (nSPS) is 11.2. The predicted molar refractivity (Wildman–Crippen MR) is 217 cm³/mol. The summed E-state index contributed by atoms with van der Waals surface area (Å²) in [5.74, 6) is -0.288. The van der Waals surface area contributed by atoms with Crippen molar-refractivity contribution in [2.24, 2.45) is 0 Å². The monoisotopic (exact) mass is 886 g/mol. The number of aromatic hydroxyl groups is 4. The first-order valence-electron chi connectivity index (χ1n) is 17.4. The number of nitrogens with one attached hydrogen (secondary N) is 4. The van der Waals surface area contributed by atoms with Crippen molar-refractivity contribution in [1.82, 2.24) is 9.44 Å². The molecule has 0 saturated carbocycles. The van der Waals surface area contributed by atoms with Crippen LogP contribution < -0.4 is 49.6 Å². The largest absolute Gasteiger partial charge is 1.00 e. The number of anilines is 4. The molecule has 14 nitrogen and oxygen atoms in total. The fourth-order valence-electron chi connectivity index (χ4n) is 5.63. The molecule has 6 aromatic rings. The van der Waals surface area contributed by atoms with Crippen LogP contribution in [0.25, 0.3) is 21.5 Å². The number of benzene rings is 6. The van der Waals surface area contributed by atoms with Crippen molar-refractivity contribution in [3.8, 4) is 23.0 Å². The fourth-order valence-corrected chi connectivity index (χ4v) is 7.83. The zero-order valence-electron chi connectivity index (χ0n) is 32.0. The minimum Gasteiger partial charge on any atom is -0.506 e. The van der Waals surface area contributed by atoms with Crippen molar-refractivity contribution >= 4 is 64.3 Å². The molecule has 18 heteroatoms. The van der Waals surface area contributed by atoms with E-state index in [2.05, 4.69) is 20.1 Å². The summed E-state index contributed by atoms with van der Waals surface area (Å²) < 4.78 is 64.7. The van der Waals surface area contributed by atoms with Gasteiger partial charge in [-0.15, -0.1) is 0 Å². The van der Waals surface area contributed by atoms with Gasteiger partial charge < -0.3 is 40.5 Å². The van der Waals surface area contributed by atoms with Gasteiger partial charge in [-0.25, -0.2) is 26.3 Å². The zero-order valence-corrected chi connectivity index (χ0v) is 36.7. The average Bonchev–Trinajstić information content (AvgIpc) is 3.19. The number of phenolic OH excluding ortho intramolecular Hbond substituents is 4. The van der Waals surface area contributed by atoms with E-state index < -0.39 is 20.0 Å². The van der Waals surface area contributed by atoms with Crippen LogP contribution in [0.1, 0.15) is 12.8 Å². The molecule has 0 fully saturated rings. The van der Waals surface area contributed by atoms with Crippen molar-refractivity contribution in [3.63, 3.8) is 0 Å². The van der Waals surface area contributed by atoms with Crippen LogP contribution in [0.2, 0.25) is 0 Å². The molecule has 0 spiro atoms. The van der Waals surface area contributed by atoms with E-state index in [1.807, 2.05) is 48.5 Å². The predicted octanol–water partition coefficient (Wildman–Crippen LogP) is 3.62. The summed E-state index contributed by atoms with van der Waals surface area (Å²) in [5.41, 5.74) is 1.12. The molecule has 0 aliphatic rings. The Balaban J connectivity index is 0.000000300. The quantitative estimate of drug-likeness (QED) is 0.0398. The van der Waals surface area contributed by atoms with Gasteiger partial charge in [0.2, 0.25) is 20.0 Å². The Morgan fingerprint density at radius 2 is 0.879 bits per heavy atom. The maximum Gasteiger partial charge on any atom is 1.00 e. The van der Waals surface area contributed by atoms with Gasteiger partial charge in [-0.3, -0.25) is 0 Å². The van der Waals surface area contributed by atoms with Crippen LogP contribution in [0, 0.1) is 0 Å². The fraction of sp³-hybridized carbons (Fsp3) is 0.200. The minimum atomic E-state index is -3.74. The van der Waals surface area contributed by atoms with E-state index in [-0.39, 0.29) is 104 Å². The van der Waals surface area contributed by atoms with Crippen molar-refractivity contribution in [1.29, 1.82) is 0 Å². The van der Waals surface area contributed by atoms with E-state index >= 15 is 0 Å². The van der Waals surface area contributed by atoms with E-state index in [1.165, 1.54) is 36.4 Å². The second-order valence-electron chi connectivity index (χ2n) is 12.5. The summed E-state index contributed by atoms with van der Waals surface area (Å²) >= 11 is 0. The molecule has 0 aliphatic carbocycles. The first-order chi connectivity index (χ1) is 26.8. The molecular weight excluding hydrogens is 843 g/mol. The Hall–Kier alpha value is -4.11. The van der Waals surface area contributed by atoms with E-state index in [9.17, 15) is 37.3 Å². The number of rotatable bonds is 16. The third kappa shape index (κ3) is 12.4. The van der Waals surface area contributed by atoms with Crippen molar-refractivity contribution in [2.45, 2.75) is 22.6 Å². The van der Waals surface area contributed by atoms with E-state index in [0.717, 1.165) is 21.5 Å². The molecule has 6 rings (SSSR count). The average molecular weight is 887 g/mol. The van der Waals surface area contributed by atoms with Gasteiger partial charge in [-0.1, -0.05) is 60.7 Å². The summed E-state index contributed by atoms with van der Waals surface area (Å²) in [6.45, 7) is 1.38. The van der Waals surface area contributed by atoms with Crippen LogP contribution in [0.4, 0.5) is 22.7 Å². The molecule has 0 unspecified atom stereocenters. The number of sulfonamides is 2. The first-order valence-corrected chi connectivity index (χ1v) is 20.4. The number of ether oxygens (including phenoxy) is 2. The Morgan fingerprint density at radius 3 is 1.26 bits per heavy atom.